The number of ketones is 1. The Hall–Kier alpha value is -1.39. The van der Waals surface area contributed by atoms with Crippen LogP contribution in [0.2, 0.25) is 0 Å². The minimum Gasteiger partial charge on any atom is -0.481 e. The summed E-state index contributed by atoms with van der Waals surface area (Å²) in [5, 5.41) is 10.9. The largest absolute Gasteiger partial charge is 0.481 e. The van der Waals surface area contributed by atoms with Crippen LogP contribution in [-0.2, 0) is 14.4 Å². The Morgan fingerprint density at radius 3 is 2.29 bits per heavy atom. The van der Waals surface area contributed by atoms with Crippen molar-refractivity contribution in [3.8, 4) is 0 Å². The Balaban J connectivity index is 4.17. The van der Waals surface area contributed by atoms with Crippen LogP contribution in [0.1, 0.15) is 33.1 Å². The molecule has 1 amide bonds. The van der Waals surface area contributed by atoms with Crippen LogP contribution in [0.25, 0.3) is 0 Å². The van der Waals surface area contributed by atoms with Gasteiger partial charge in [0.2, 0.25) is 5.91 Å². The van der Waals surface area contributed by atoms with E-state index in [4.69, 9.17) is 5.11 Å². The van der Waals surface area contributed by atoms with Crippen molar-refractivity contribution in [2.24, 2.45) is 0 Å². The van der Waals surface area contributed by atoms with E-state index in [0.717, 1.165) is 0 Å². The van der Waals surface area contributed by atoms with E-state index in [2.05, 4.69) is 5.32 Å². The predicted octanol–water partition coefficient (Wildman–Crippen LogP) is 0.335. The molecule has 0 aliphatic heterocycles. The van der Waals surface area contributed by atoms with E-state index in [-0.39, 0.29) is 24.5 Å². The monoisotopic (exact) mass is 201 g/mol. The van der Waals surface area contributed by atoms with Gasteiger partial charge in [-0.3, -0.25) is 14.4 Å². The number of hydrogen-bond donors (Lipinski definition) is 2. The first-order valence-corrected chi connectivity index (χ1v) is 4.49. The van der Waals surface area contributed by atoms with Crippen molar-refractivity contribution in [1.29, 1.82) is 0 Å². The number of carboxylic acid groups (broad SMARTS) is 1. The van der Waals surface area contributed by atoms with E-state index in [1.807, 2.05) is 0 Å². The third kappa shape index (κ3) is 5.29. The lowest BCUT2D eigenvalue weighted by Gasteiger charge is -2.14. The molecular formula is C9H15NO4. The maximum absolute atomic E-state index is 11.3. The van der Waals surface area contributed by atoms with Gasteiger partial charge in [0.05, 0.1) is 6.04 Å². The zero-order valence-electron chi connectivity index (χ0n) is 8.37. The summed E-state index contributed by atoms with van der Waals surface area (Å²) in [5.41, 5.74) is 0. The van der Waals surface area contributed by atoms with Gasteiger partial charge in [0.15, 0.2) is 5.78 Å². The number of amides is 1. The Labute approximate surface area is 82.5 Å². The first-order chi connectivity index (χ1) is 6.47. The van der Waals surface area contributed by atoms with Gasteiger partial charge in [0.25, 0.3) is 0 Å². The highest BCUT2D eigenvalue weighted by atomic mass is 16.4. The number of nitrogens with one attached hydrogen (secondary N) is 1. The lowest BCUT2D eigenvalue weighted by Crippen LogP contribution is -2.39. The van der Waals surface area contributed by atoms with Crippen molar-refractivity contribution in [2.45, 2.75) is 39.2 Å². The second-order valence-corrected chi connectivity index (χ2v) is 3.01. The van der Waals surface area contributed by atoms with E-state index in [1.54, 1.807) is 6.92 Å². The summed E-state index contributed by atoms with van der Waals surface area (Å²) >= 11 is 0. The summed E-state index contributed by atoms with van der Waals surface area (Å²) in [4.78, 5) is 32.2. The summed E-state index contributed by atoms with van der Waals surface area (Å²) < 4.78 is 0. The lowest BCUT2D eigenvalue weighted by atomic mass is 10.1. The van der Waals surface area contributed by atoms with E-state index in [1.165, 1.54) is 6.92 Å². The molecule has 0 bridgehead atoms. The van der Waals surface area contributed by atoms with Crippen molar-refractivity contribution in [3.05, 3.63) is 0 Å². The molecule has 1 atom stereocenters. The van der Waals surface area contributed by atoms with Crippen molar-refractivity contribution in [3.63, 3.8) is 0 Å². The minimum atomic E-state index is -0.968. The summed E-state index contributed by atoms with van der Waals surface area (Å²) in [5.74, 6) is -1.42. The Kier molecular flexibility index (Phi) is 5.52. The third-order valence-electron chi connectivity index (χ3n) is 1.76. The fourth-order valence-corrected chi connectivity index (χ4v) is 1.07. The predicted molar refractivity (Wildman–Crippen MR) is 49.8 cm³/mol. The fraction of sp³-hybridized carbons (Fsp3) is 0.667. The maximum Gasteiger partial charge on any atom is 0.303 e. The van der Waals surface area contributed by atoms with Crippen molar-refractivity contribution in [1.82, 2.24) is 5.32 Å². The molecule has 0 radical (unpaired) electrons. The first kappa shape index (κ1) is 12.6. The molecule has 0 aromatic heterocycles. The van der Waals surface area contributed by atoms with E-state index in [0.29, 0.717) is 6.42 Å². The van der Waals surface area contributed by atoms with Gasteiger partial charge in [0.1, 0.15) is 0 Å². The van der Waals surface area contributed by atoms with Crippen LogP contribution < -0.4 is 5.32 Å². The number of carbonyl (C=O) groups excluding carboxylic acids is 2. The molecule has 1 unspecified atom stereocenters. The van der Waals surface area contributed by atoms with Gasteiger partial charge in [-0.25, -0.2) is 0 Å². The van der Waals surface area contributed by atoms with Crippen molar-refractivity contribution in [2.75, 3.05) is 0 Å². The SMILES string of the molecule is CCC(=O)C(CCC(=O)O)NC(C)=O. The molecule has 0 rings (SSSR count). The molecule has 5 heteroatoms. The zero-order chi connectivity index (χ0) is 11.1. The quantitative estimate of drug-likeness (QED) is 0.648. The minimum absolute atomic E-state index is 0.114. The van der Waals surface area contributed by atoms with Crippen molar-refractivity contribution >= 4 is 17.7 Å². The van der Waals surface area contributed by atoms with Crippen LogP contribution in [0.4, 0.5) is 0 Å². The van der Waals surface area contributed by atoms with Crippen LogP contribution in [0.3, 0.4) is 0 Å². The molecular weight excluding hydrogens is 186 g/mol. The molecule has 0 saturated heterocycles. The molecule has 14 heavy (non-hydrogen) atoms. The Bertz CT molecular complexity index is 237. The molecule has 0 aromatic carbocycles. The summed E-state index contributed by atoms with van der Waals surface area (Å²) in [6.45, 7) is 2.98. The Morgan fingerprint density at radius 2 is 1.93 bits per heavy atom. The number of aliphatic carboxylic acids is 1. The first-order valence-electron chi connectivity index (χ1n) is 4.49. The van der Waals surface area contributed by atoms with E-state index >= 15 is 0 Å². The van der Waals surface area contributed by atoms with Crippen LogP contribution in [-0.4, -0.2) is 28.8 Å². The molecule has 0 saturated carbocycles. The summed E-state index contributed by atoms with van der Waals surface area (Å²) in [6.07, 6.45) is 0.336. The second-order valence-electron chi connectivity index (χ2n) is 3.01. The smallest absolute Gasteiger partial charge is 0.303 e. The molecule has 0 aliphatic carbocycles. The van der Waals surface area contributed by atoms with E-state index < -0.39 is 12.0 Å². The van der Waals surface area contributed by atoms with Gasteiger partial charge in [-0.15, -0.1) is 0 Å². The van der Waals surface area contributed by atoms with Crippen LogP contribution >= 0.6 is 0 Å². The van der Waals surface area contributed by atoms with Crippen molar-refractivity contribution < 1.29 is 19.5 Å². The van der Waals surface area contributed by atoms with Gasteiger partial charge < -0.3 is 10.4 Å². The van der Waals surface area contributed by atoms with Gasteiger partial charge in [-0.1, -0.05) is 6.92 Å². The molecule has 0 fully saturated rings. The third-order valence-corrected chi connectivity index (χ3v) is 1.76. The highest BCUT2D eigenvalue weighted by Crippen LogP contribution is 2.01. The zero-order valence-corrected chi connectivity index (χ0v) is 8.37. The van der Waals surface area contributed by atoms with Crippen LogP contribution in [0, 0.1) is 0 Å². The number of carboxylic acids is 1. The average Bonchev–Trinajstić information content (AvgIpc) is 2.10. The molecule has 0 aliphatic rings. The van der Waals surface area contributed by atoms with E-state index in [9.17, 15) is 14.4 Å². The molecule has 5 nitrogen and oxygen atoms in total. The number of rotatable bonds is 6. The van der Waals surface area contributed by atoms with Crippen LogP contribution in [0.15, 0.2) is 0 Å². The number of Topliss-reactive ketones (excluding diaryl/α,β-unsaturated/α-hetero) is 1. The van der Waals surface area contributed by atoms with Gasteiger partial charge in [-0.2, -0.15) is 0 Å². The van der Waals surface area contributed by atoms with Crippen LogP contribution in [0.5, 0.6) is 0 Å². The average molecular weight is 201 g/mol. The summed E-state index contributed by atoms with van der Waals surface area (Å²) in [6, 6.07) is -0.659. The van der Waals surface area contributed by atoms with Gasteiger partial charge in [-0.05, 0) is 6.42 Å². The Morgan fingerprint density at radius 1 is 1.36 bits per heavy atom. The number of hydrogen-bond acceptors (Lipinski definition) is 3. The molecule has 0 heterocycles. The lowest BCUT2D eigenvalue weighted by molar-refractivity contribution is -0.137. The molecule has 0 spiro atoms. The number of carbonyl (C=O) groups is 3. The molecule has 2 N–H and O–H groups in total. The fourth-order valence-electron chi connectivity index (χ4n) is 1.07. The topological polar surface area (TPSA) is 83.5 Å². The maximum atomic E-state index is 11.3. The van der Waals surface area contributed by atoms with Gasteiger partial charge in [0, 0.05) is 19.8 Å². The molecule has 0 aromatic rings. The highest BCUT2D eigenvalue weighted by molar-refractivity contribution is 5.88. The molecule has 80 valence electrons. The summed E-state index contributed by atoms with van der Waals surface area (Å²) in [7, 11) is 0. The normalized spacial score (nSPS) is 11.9. The highest BCUT2D eigenvalue weighted by Gasteiger charge is 2.18. The second kappa shape index (κ2) is 6.12. The van der Waals surface area contributed by atoms with Gasteiger partial charge >= 0.3 is 5.97 Å². The standard InChI is InChI=1S/C9H15NO4/c1-3-8(12)7(10-6(2)11)4-5-9(13)14/h7H,3-5H2,1-2H3,(H,10,11)(H,13,14).